The number of hydrogen-bond donors (Lipinski definition) is 0. The average Bonchev–Trinajstić information content (AvgIpc) is 2.45. The van der Waals surface area contributed by atoms with Gasteiger partial charge < -0.3 is 0 Å². The van der Waals surface area contributed by atoms with E-state index in [4.69, 9.17) is 23.2 Å². The van der Waals surface area contributed by atoms with Crippen molar-refractivity contribution >= 4 is 44.9 Å². The van der Waals surface area contributed by atoms with E-state index >= 15 is 0 Å². The molecule has 0 saturated heterocycles. The normalized spacial score (nSPS) is 11.8. The second kappa shape index (κ2) is 6.57. The Labute approximate surface area is 139 Å². The summed E-state index contributed by atoms with van der Waals surface area (Å²) in [6.07, 6.45) is 0. The molecule has 0 heterocycles. The van der Waals surface area contributed by atoms with E-state index in [0.29, 0.717) is 4.47 Å². The van der Waals surface area contributed by atoms with E-state index in [0.717, 1.165) is 6.07 Å². The number of ketones is 1. The third kappa shape index (κ3) is 3.11. The van der Waals surface area contributed by atoms with Crippen molar-refractivity contribution in [2.24, 2.45) is 0 Å². The lowest BCUT2D eigenvalue weighted by Gasteiger charge is -2.13. The van der Waals surface area contributed by atoms with Crippen molar-refractivity contribution < 1.29 is 9.18 Å². The second-order valence-corrected chi connectivity index (χ2v) is 5.80. The van der Waals surface area contributed by atoms with Gasteiger partial charge in [0, 0.05) is 20.6 Å². The van der Waals surface area contributed by atoms with Crippen molar-refractivity contribution in [2.75, 3.05) is 0 Å². The second-order valence-electron chi connectivity index (χ2n) is 4.16. The number of carbonyl (C=O) groups is 1. The maximum Gasteiger partial charge on any atom is 0.186 e. The van der Waals surface area contributed by atoms with Gasteiger partial charge >= 0.3 is 0 Å². The Kier molecular flexibility index (Phi) is 5.00. The van der Waals surface area contributed by atoms with Gasteiger partial charge in [-0.1, -0.05) is 35.3 Å². The Balaban J connectivity index is 2.55. The van der Waals surface area contributed by atoms with Gasteiger partial charge in [-0.3, -0.25) is 4.79 Å². The highest BCUT2D eigenvalue weighted by atomic mass is 79.9. The Morgan fingerprint density at radius 2 is 1.90 bits per heavy atom. The predicted molar refractivity (Wildman–Crippen MR) is 83.2 cm³/mol. The van der Waals surface area contributed by atoms with Crippen molar-refractivity contribution in [1.29, 1.82) is 5.26 Å². The third-order valence-corrected chi connectivity index (χ3v) is 4.52. The molecule has 0 fully saturated rings. The zero-order chi connectivity index (χ0) is 15.6. The highest BCUT2D eigenvalue weighted by Crippen LogP contribution is 2.33. The topological polar surface area (TPSA) is 40.9 Å². The van der Waals surface area contributed by atoms with Crippen LogP contribution in [-0.4, -0.2) is 5.78 Å². The van der Waals surface area contributed by atoms with Crippen molar-refractivity contribution in [3.05, 3.63) is 67.9 Å². The number of nitriles is 1. The number of halogens is 4. The summed E-state index contributed by atoms with van der Waals surface area (Å²) < 4.78 is 14.4. The van der Waals surface area contributed by atoms with Crippen LogP contribution in [0, 0.1) is 17.1 Å². The molecule has 6 heteroatoms. The Morgan fingerprint density at radius 3 is 2.52 bits per heavy atom. The summed E-state index contributed by atoms with van der Waals surface area (Å²) >= 11 is 15.2. The monoisotopic (exact) mass is 385 g/mol. The number of hydrogen-bond acceptors (Lipinski definition) is 2. The van der Waals surface area contributed by atoms with E-state index in [-0.39, 0.29) is 21.2 Å². The largest absolute Gasteiger partial charge is 0.292 e. The number of nitrogens with zero attached hydrogens (tertiary/aromatic N) is 1. The fourth-order valence-corrected chi connectivity index (χ4v) is 2.75. The molecule has 0 aliphatic rings. The molecule has 0 bridgehead atoms. The molecule has 0 amide bonds. The fraction of sp³-hybridized carbons (Fsp3) is 0.0667. The molecule has 0 aliphatic carbocycles. The molecule has 0 aromatic heterocycles. The maximum absolute atomic E-state index is 13.9. The summed E-state index contributed by atoms with van der Waals surface area (Å²) in [4.78, 5) is 12.5. The van der Waals surface area contributed by atoms with Gasteiger partial charge in [0.05, 0.1) is 11.1 Å². The summed E-state index contributed by atoms with van der Waals surface area (Å²) in [5, 5.41) is 9.47. The van der Waals surface area contributed by atoms with Crippen molar-refractivity contribution in [1.82, 2.24) is 0 Å². The Bertz CT molecular complexity index is 738. The molecule has 2 aromatic rings. The zero-order valence-electron chi connectivity index (χ0n) is 10.4. The van der Waals surface area contributed by atoms with Gasteiger partial charge in [0.2, 0.25) is 0 Å². The van der Waals surface area contributed by atoms with Crippen LogP contribution in [0.2, 0.25) is 10.0 Å². The molecule has 0 spiro atoms. The molecule has 1 unspecified atom stereocenters. The predicted octanol–water partition coefficient (Wildman–Crippen LogP) is 5.39. The minimum Gasteiger partial charge on any atom is -0.292 e. The van der Waals surface area contributed by atoms with Crippen molar-refractivity contribution in [3.63, 3.8) is 0 Å². The summed E-state index contributed by atoms with van der Waals surface area (Å²) in [7, 11) is 0. The van der Waals surface area contributed by atoms with Crippen LogP contribution >= 0.6 is 39.1 Å². The van der Waals surface area contributed by atoms with Crippen LogP contribution in [0.25, 0.3) is 0 Å². The number of rotatable bonds is 3. The van der Waals surface area contributed by atoms with Gasteiger partial charge in [-0.25, -0.2) is 4.39 Å². The van der Waals surface area contributed by atoms with Crippen LogP contribution in [0.15, 0.2) is 40.9 Å². The molecule has 0 aliphatic heterocycles. The highest BCUT2D eigenvalue weighted by Gasteiger charge is 2.28. The zero-order valence-corrected chi connectivity index (χ0v) is 13.5. The summed E-state index contributed by atoms with van der Waals surface area (Å²) in [6, 6.07) is 10.5. The SMILES string of the molecule is N#CC(C(=O)c1cccc(Br)c1Cl)c1c(F)cccc1Cl. The van der Waals surface area contributed by atoms with Gasteiger partial charge in [0.1, 0.15) is 11.7 Å². The first-order valence-electron chi connectivity index (χ1n) is 5.79. The van der Waals surface area contributed by atoms with Gasteiger partial charge in [-0.05, 0) is 40.2 Å². The van der Waals surface area contributed by atoms with Crippen LogP contribution in [0.3, 0.4) is 0 Å². The molecule has 21 heavy (non-hydrogen) atoms. The lowest BCUT2D eigenvalue weighted by molar-refractivity contribution is 0.0977. The quantitative estimate of drug-likeness (QED) is 0.664. The van der Waals surface area contributed by atoms with E-state index < -0.39 is 17.5 Å². The van der Waals surface area contributed by atoms with E-state index in [1.165, 1.54) is 18.2 Å². The molecule has 1 atom stereocenters. The third-order valence-electron chi connectivity index (χ3n) is 2.90. The fourth-order valence-electron chi connectivity index (χ4n) is 1.89. The summed E-state index contributed by atoms with van der Waals surface area (Å²) in [5.74, 6) is -2.66. The molecular weight excluding hydrogens is 380 g/mol. The molecule has 0 N–H and O–H groups in total. The van der Waals surface area contributed by atoms with Crippen LogP contribution in [0.5, 0.6) is 0 Å². The summed E-state index contributed by atoms with van der Waals surface area (Å²) in [6.45, 7) is 0. The van der Waals surface area contributed by atoms with Crippen LogP contribution < -0.4 is 0 Å². The van der Waals surface area contributed by atoms with Crippen molar-refractivity contribution in [3.8, 4) is 6.07 Å². The Hall–Kier alpha value is -1.41. The first-order chi connectivity index (χ1) is 9.97. The standard InChI is InChI=1S/C15H7BrCl2FNO/c16-10-4-1-3-8(14(10)18)15(21)9(7-20)13-11(17)5-2-6-12(13)19/h1-6,9H. The van der Waals surface area contributed by atoms with E-state index in [2.05, 4.69) is 15.9 Å². The van der Waals surface area contributed by atoms with Gasteiger partial charge in [0.25, 0.3) is 0 Å². The highest BCUT2D eigenvalue weighted by molar-refractivity contribution is 9.10. The first-order valence-corrected chi connectivity index (χ1v) is 7.34. The van der Waals surface area contributed by atoms with Gasteiger partial charge in [-0.15, -0.1) is 0 Å². The summed E-state index contributed by atoms with van der Waals surface area (Å²) in [5.41, 5.74) is -0.000352. The number of Topliss-reactive ketones (excluding diaryl/α,β-unsaturated/α-hetero) is 1. The van der Waals surface area contributed by atoms with Crippen LogP contribution in [-0.2, 0) is 0 Å². The number of carbonyl (C=O) groups excluding carboxylic acids is 1. The Morgan fingerprint density at radius 1 is 1.24 bits per heavy atom. The van der Waals surface area contributed by atoms with Gasteiger partial charge in [0.15, 0.2) is 5.78 Å². The van der Waals surface area contributed by atoms with E-state index in [9.17, 15) is 14.4 Å². The van der Waals surface area contributed by atoms with E-state index in [1.807, 2.05) is 0 Å². The lowest BCUT2D eigenvalue weighted by atomic mass is 9.91. The van der Waals surface area contributed by atoms with E-state index in [1.54, 1.807) is 18.2 Å². The molecule has 2 aromatic carbocycles. The van der Waals surface area contributed by atoms with Crippen LogP contribution in [0.4, 0.5) is 4.39 Å². The van der Waals surface area contributed by atoms with Crippen molar-refractivity contribution in [2.45, 2.75) is 5.92 Å². The van der Waals surface area contributed by atoms with Crippen LogP contribution in [0.1, 0.15) is 21.8 Å². The lowest BCUT2D eigenvalue weighted by Crippen LogP contribution is -2.14. The number of benzene rings is 2. The molecule has 2 nitrogen and oxygen atoms in total. The minimum absolute atomic E-state index is 0.0287. The minimum atomic E-state index is -1.36. The smallest absolute Gasteiger partial charge is 0.186 e. The molecular formula is C15H7BrCl2FNO. The molecule has 0 saturated carbocycles. The van der Waals surface area contributed by atoms with Gasteiger partial charge in [-0.2, -0.15) is 5.26 Å². The molecule has 2 rings (SSSR count). The first kappa shape index (κ1) is 16.0. The average molecular weight is 387 g/mol. The molecule has 106 valence electrons. The molecule has 0 radical (unpaired) electrons. The maximum atomic E-state index is 13.9.